The molecule has 0 amide bonds. The van der Waals surface area contributed by atoms with Crippen LogP contribution in [0.3, 0.4) is 0 Å². The predicted octanol–water partition coefficient (Wildman–Crippen LogP) is 1.71. The molecule has 0 bridgehead atoms. The van der Waals surface area contributed by atoms with E-state index in [0.29, 0.717) is 0 Å². The first-order valence-corrected chi connectivity index (χ1v) is 5.58. The summed E-state index contributed by atoms with van der Waals surface area (Å²) in [5.41, 5.74) is 8.74. The van der Waals surface area contributed by atoms with Crippen LogP contribution in [0.1, 0.15) is 49.4 Å². The zero-order valence-electron chi connectivity index (χ0n) is 8.42. The predicted molar refractivity (Wildman–Crippen MR) is 55.0 cm³/mol. The molecular weight excluding hydrogens is 174 g/mol. The molecule has 2 saturated carbocycles. The molecule has 0 saturated heterocycles. The van der Waals surface area contributed by atoms with Crippen LogP contribution in [0.2, 0.25) is 0 Å². The first-order chi connectivity index (χ1) is 6.75. The minimum absolute atomic E-state index is 0.171. The van der Waals surface area contributed by atoms with Gasteiger partial charge in [0.1, 0.15) is 0 Å². The number of hydrogen-bond donors (Lipinski definition) is 2. The molecule has 1 aromatic rings. The second-order valence-corrected chi connectivity index (χ2v) is 4.95. The molecule has 76 valence electrons. The first kappa shape index (κ1) is 8.48. The quantitative estimate of drug-likeness (QED) is 0.761. The minimum atomic E-state index is 0.171. The second kappa shape index (κ2) is 2.83. The largest absolute Gasteiger partial charge is 0.325 e. The highest BCUT2D eigenvalue weighted by atomic mass is 15.1. The molecule has 0 radical (unpaired) electrons. The van der Waals surface area contributed by atoms with Gasteiger partial charge in [0.15, 0.2) is 0 Å². The lowest BCUT2D eigenvalue weighted by atomic mass is 10.1. The van der Waals surface area contributed by atoms with Gasteiger partial charge in [0.25, 0.3) is 0 Å². The molecular formula is C11H17N3. The molecule has 0 spiro atoms. The zero-order valence-corrected chi connectivity index (χ0v) is 8.42. The highest BCUT2D eigenvalue weighted by Gasteiger charge is 2.37. The van der Waals surface area contributed by atoms with Crippen molar-refractivity contribution in [3.8, 4) is 0 Å². The van der Waals surface area contributed by atoms with E-state index in [-0.39, 0.29) is 5.54 Å². The third-order valence-corrected chi connectivity index (χ3v) is 3.43. The maximum absolute atomic E-state index is 6.04. The maximum atomic E-state index is 6.04. The Bertz CT molecular complexity index is 334. The van der Waals surface area contributed by atoms with Crippen LogP contribution in [0.25, 0.3) is 0 Å². The number of aromatic amines is 1. The summed E-state index contributed by atoms with van der Waals surface area (Å²) in [6, 6.07) is 2.23. The van der Waals surface area contributed by atoms with Crippen molar-refractivity contribution in [2.24, 2.45) is 5.73 Å². The van der Waals surface area contributed by atoms with E-state index in [9.17, 15) is 0 Å². The van der Waals surface area contributed by atoms with Crippen LogP contribution < -0.4 is 5.73 Å². The molecule has 14 heavy (non-hydrogen) atoms. The number of hydrogen-bond acceptors (Lipinski definition) is 2. The second-order valence-electron chi connectivity index (χ2n) is 4.95. The van der Waals surface area contributed by atoms with Crippen molar-refractivity contribution in [1.82, 2.24) is 10.2 Å². The van der Waals surface area contributed by atoms with Gasteiger partial charge >= 0.3 is 0 Å². The topological polar surface area (TPSA) is 54.7 Å². The molecule has 3 nitrogen and oxygen atoms in total. The third kappa shape index (κ3) is 1.69. The van der Waals surface area contributed by atoms with Gasteiger partial charge in [-0.1, -0.05) is 0 Å². The van der Waals surface area contributed by atoms with Crippen LogP contribution in [-0.2, 0) is 6.42 Å². The number of nitrogens with zero attached hydrogens (tertiary/aromatic N) is 1. The van der Waals surface area contributed by atoms with E-state index in [4.69, 9.17) is 5.73 Å². The summed E-state index contributed by atoms with van der Waals surface area (Å²) in [6.45, 7) is 0. The molecule has 2 aliphatic rings. The molecule has 0 unspecified atom stereocenters. The first-order valence-electron chi connectivity index (χ1n) is 5.58. The Morgan fingerprint density at radius 3 is 2.93 bits per heavy atom. The maximum Gasteiger partial charge on any atom is 0.0655 e. The molecule has 2 fully saturated rings. The lowest BCUT2D eigenvalue weighted by Gasteiger charge is -2.05. The van der Waals surface area contributed by atoms with E-state index in [0.717, 1.165) is 18.8 Å². The number of aromatic nitrogens is 2. The van der Waals surface area contributed by atoms with E-state index < -0.39 is 0 Å². The lowest BCUT2D eigenvalue weighted by Crippen LogP contribution is -2.22. The van der Waals surface area contributed by atoms with E-state index >= 15 is 0 Å². The summed E-state index contributed by atoms with van der Waals surface area (Å²) in [6.07, 6.45) is 7.24. The van der Waals surface area contributed by atoms with E-state index in [1.165, 1.54) is 37.1 Å². The highest BCUT2D eigenvalue weighted by molar-refractivity contribution is 5.18. The van der Waals surface area contributed by atoms with Gasteiger partial charge in [0.05, 0.1) is 5.69 Å². The minimum Gasteiger partial charge on any atom is -0.325 e. The Morgan fingerprint density at radius 2 is 2.29 bits per heavy atom. The standard InChI is InChI=1S/C11H17N3/c12-11(5-6-11)4-3-9-7-10(14-13-9)8-1-2-8/h7-8H,1-6,12H2,(H,13,14). The van der Waals surface area contributed by atoms with Gasteiger partial charge in [-0.25, -0.2) is 0 Å². The van der Waals surface area contributed by atoms with Crippen molar-refractivity contribution < 1.29 is 0 Å². The Morgan fingerprint density at radius 1 is 1.50 bits per heavy atom. The van der Waals surface area contributed by atoms with Crippen molar-refractivity contribution in [1.29, 1.82) is 0 Å². The number of H-pyrrole nitrogens is 1. The normalized spacial score (nSPS) is 23.8. The van der Waals surface area contributed by atoms with Gasteiger partial charge in [-0.3, -0.25) is 5.10 Å². The van der Waals surface area contributed by atoms with E-state index in [2.05, 4.69) is 16.3 Å². The van der Waals surface area contributed by atoms with Crippen LogP contribution >= 0.6 is 0 Å². The van der Waals surface area contributed by atoms with Crippen molar-refractivity contribution in [2.45, 2.75) is 50.0 Å². The molecule has 2 aliphatic carbocycles. The van der Waals surface area contributed by atoms with Crippen molar-refractivity contribution in [3.63, 3.8) is 0 Å². The third-order valence-electron chi connectivity index (χ3n) is 3.43. The SMILES string of the molecule is NC1(CCc2cc(C3CC3)n[nH]2)CC1. The summed E-state index contributed by atoms with van der Waals surface area (Å²) in [4.78, 5) is 0. The molecule has 1 aromatic heterocycles. The average molecular weight is 191 g/mol. The van der Waals surface area contributed by atoms with Crippen LogP contribution in [0.4, 0.5) is 0 Å². The molecule has 1 heterocycles. The Kier molecular flexibility index (Phi) is 1.71. The van der Waals surface area contributed by atoms with Crippen LogP contribution in [0.15, 0.2) is 6.07 Å². The fourth-order valence-electron chi connectivity index (χ4n) is 1.89. The van der Waals surface area contributed by atoms with Gasteiger partial charge in [-0.05, 0) is 44.6 Å². The molecule has 0 aliphatic heterocycles. The van der Waals surface area contributed by atoms with Gasteiger partial charge < -0.3 is 5.73 Å². The van der Waals surface area contributed by atoms with Crippen LogP contribution in [0, 0.1) is 0 Å². The van der Waals surface area contributed by atoms with E-state index in [1.54, 1.807) is 0 Å². The monoisotopic (exact) mass is 191 g/mol. The molecule has 0 aromatic carbocycles. The lowest BCUT2D eigenvalue weighted by molar-refractivity contribution is 0.602. The number of rotatable bonds is 4. The average Bonchev–Trinajstić information content (AvgIpc) is 3.08. The van der Waals surface area contributed by atoms with Crippen molar-refractivity contribution in [2.75, 3.05) is 0 Å². The summed E-state index contributed by atoms with van der Waals surface area (Å²) in [5, 5.41) is 7.46. The molecule has 3 heteroatoms. The highest BCUT2D eigenvalue weighted by Crippen LogP contribution is 2.40. The molecule has 3 rings (SSSR count). The Balaban J connectivity index is 1.59. The summed E-state index contributed by atoms with van der Waals surface area (Å²) >= 11 is 0. The summed E-state index contributed by atoms with van der Waals surface area (Å²) in [5.74, 6) is 0.757. The Hall–Kier alpha value is -0.830. The fraction of sp³-hybridized carbons (Fsp3) is 0.727. The number of aryl methyl sites for hydroxylation is 1. The van der Waals surface area contributed by atoms with Crippen molar-refractivity contribution >= 4 is 0 Å². The molecule has 3 N–H and O–H groups in total. The van der Waals surface area contributed by atoms with Gasteiger partial charge in [0, 0.05) is 17.2 Å². The summed E-state index contributed by atoms with van der Waals surface area (Å²) in [7, 11) is 0. The summed E-state index contributed by atoms with van der Waals surface area (Å²) < 4.78 is 0. The fourth-order valence-corrected chi connectivity index (χ4v) is 1.89. The van der Waals surface area contributed by atoms with Crippen LogP contribution in [-0.4, -0.2) is 15.7 Å². The van der Waals surface area contributed by atoms with Crippen molar-refractivity contribution in [3.05, 3.63) is 17.5 Å². The smallest absolute Gasteiger partial charge is 0.0655 e. The van der Waals surface area contributed by atoms with Gasteiger partial charge in [0.2, 0.25) is 0 Å². The van der Waals surface area contributed by atoms with E-state index in [1.807, 2.05) is 0 Å². The Labute approximate surface area is 84.1 Å². The molecule has 0 atom stereocenters. The van der Waals surface area contributed by atoms with Gasteiger partial charge in [-0.2, -0.15) is 5.10 Å². The van der Waals surface area contributed by atoms with Gasteiger partial charge in [-0.15, -0.1) is 0 Å². The zero-order chi connectivity index (χ0) is 9.60. The number of nitrogens with two attached hydrogens (primary N) is 1. The number of nitrogens with one attached hydrogen (secondary N) is 1. The van der Waals surface area contributed by atoms with Crippen LogP contribution in [0.5, 0.6) is 0 Å².